The van der Waals surface area contributed by atoms with Gasteiger partial charge >= 0.3 is 5.97 Å². The van der Waals surface area contributed by atoms with Crippen molar-refractivity contribution in [2.24, 2.45) is 5.92 Å². The fraction of sp³-hybridized carbons (Fsp3) is 0.778. The fourth-order valence-corrected chi connectivity index (χ4v) is 1.54. The maximum Gasteiger partial charge on any atom is 0.344 e. The van der Waals surface area contributed by atoms with Gasteiger partial charge < -0.3 is 10.4 Å². The third-order valence-electron chi connectivity index (χ3n) is 2.29. The van der Waals surface area contributed by atoms with E-state index in [1.807, 2.05) is 13.8 Å². The van der Waals surface area contributed by atoms with Gasteiger partial charge in [-0.25, -0.2) is 4.79 Å². The third kappa shape index (κ3) is 2.04. The molecule has 5 heteroatoms. The molecule has 3 N–H and O–H groups in total. The molecule has 1 aliphatic heterocycles. The van der Waals surface area contributed by atoms with E-state index in [-0.39, 0.29) is 5.91 Å². The van der Waals surface area contributed by atoms with Crippen LogP contribution >= 0.6 is 0 Å². The highest BCUT2D eigenvalue weighted by Gasteiger charge is 2.45. The molecule has 1 saturated heterocycles. The Balaban J connectivity index is 2.69. The van der Waals surface area contributed by atoms with Gasteiger partial charge in [-0.1, -0.05) is 13.8 Å². The fourth-order valence-electron chi connectivity index (χ4n) is 1.54. The molecular weight excluding hydrogens is 184 g/mol. The predicted octanol–water partition coefficient (Wildman–Crippen LogP) is -0.0787. The van der Waals surface area contributed by atoms with Crippen molar-refractivity contribution in [3.8, 4) is 0 Å². The van der Waals surface area contributed by atoms with Crippen LogP contribution in [0.2, 0.25) is 0 Å². The summed E-state index contributed by atoms with van der Waals surface area (Å²) in [5, 5.41) is 14.1. The Kier molecular flexibility index (Phi) is 2.80. The van der Waals surface area contributed by atoms with Crippen LogP contribution in [-0.2, 0) is 9.59 Å². The van der Waals surface area contributed by atoms with Crippen LogP contribution in [0.5, 0.6) is 0 Å². The molecule has 14 heavy (non-hydrogen) atoms. The van der Waals surface area contributed by atoms with E-state index >= 15 is 0 Å². The zero-order valence-electron chi connectivity index (χ0n) is 8.63. The first-order valence-corrected chi connectivity index (χ1v) is 4.68. The number of hydrogen-bond donors (Lipinski definition) is 3. The van der Waals surface area contributed by atoms with Crippen molar-refractivity contribution in [1.82, 2.24) is 10.6 Å². The predicted molar refractivity (Wildman–Crippen MR) is 50.6 cm³/mol. The smallest absolute Gasteiger partial charge is 0.344 e. The molecule has 1 aliphatic rings. The van der Waals surface area contributed by atoms with Crippen molar-refractivity contribution in [3.05, 3.63) is 0 Å². The number of carbonyl (C=O) groups excluding carboxylic acids is 1. The summed E-state index contributed by atoms with van der Waals surface area (Å²) in [6.45, 7) is 5.43. The molecule has 2 unspecified atom stereocenters. The van der Waals surface area contributed by atoms with Gasteiger partial charge in [0, 0.05) is 0 Å². The second kappa shape index (κ2) is 3.57. The molecule has 1 rings (SSSR count). The molecule has 5 nitrogen and oxygen atoms in total. The van der Waals surface area contributed by atoms with Crippen molar-refractivity contribution in [1.29, 1.82) is 0 Å². The lowest BCUT2D eigenvalue weighted by Crippen LogP contribution is -2.54. The number of aliphatic carboxylic acids is 1. The second-order valence-electron chi connectivity index (χ2n) is 4.25. The number of nitrogens with one attached hydrogen (secondary N) is 2. The summed E-state index contributed by atoms with van der Waals surface area (Å²) in [4.78, 5) is 22.2. The Morgan fingerprint density at radius 3 is 2.57 bits per heavy atom. The minimum Gasteiger partial charge on any atom is -0.478 e. The average Bonchev–Trinajstić information content (AvgIpc) is 2.27. The molecule has 0 aromatic carbocycles. The Morgan fingerprint density at radius 2 is 2.21 bits per heavy atom. The monoisotopic (exact) mass is 200 g/mol. The number of carboxylic acids is 1. The molecule has 2 atom stereocenters. The third-order valence-corrected chi connectivity index (χ3v) is 2.29. The summed E-state index contributed by atoms with van der Waals surface area (Å²) in [7, 11) is 0. The van der Waals surface area contributed by atoms with Gasteiger partial charge in [-0.05, 0) is 19.3 Å². The normalized spacial score (nSPS) is 32.0. The molecule has 0 aromatic heterocycles. The first-order chi connectivity index (χ1) is 6.35. The Bertz CT molecular complexity index is 265. The van der Waals surface area contributed by atoms with Crippen LogP contribution in [0.15, 0.2) is 0 Å². The van der Waals surface area contributed by atoms with Crippen LogP contribution in [0.1, 0.15) is 27.2 Å². The lowest BCUT2D eigenvalue weighted by molar-refractivity contribution is -0.145. The molecule has 0 aromatic rings. The van der Waals surface area contributed by atoms with Gasteiger partial charge in [-0.2, -0.15) is 0 Å². The van der Waals surface area contributed by atoms with E-state index in [2.05, 4.69) is 10.6 Å². The standard InChI is InChI=1S/C9H16N2O3/c1-5(2)4-6-7(12)11-9(3,10-6)8(13)14/h5-6,10H,4H2,1-3H3,(H,11,12)(H,13,14). The highest BCUT2D eigenvalue weighted by atomic mass is 16.4. The van der Waals surface area contributed by atoms with Crippen molar-refractivity contribution >= 4 is 11.9 Å². The van der Waals surface area contributed by atoms with Gasteiger partial charge in [-0.15, -0.1) is 0 Å². The molecule has 80 valence electrons. The highest BCUT2D eigenvalue weighted by molar-refractivity contribution is 5.93. The number of amides is 1. The molecule has 1 fully saturated rings. The Labute approximate surface area is 82.9 Å². The molecule has 0 radical (unpaired) electrons. The zero-order valence-corrected chi connectivity index (χ0v) is 8.63. The summed E-state index contributed by atoms with van der Waals surface area (Å²) >= 11 is 0. The van der Waals surface area contributed by atoms with Crippen molar-refractivity contribution in [3.63, 3.8) is 0 Å². The maximum absolute atomic E-state index is 11.4. The molecule has 1 heterocycles. The van der Waals surface area contributed by atoms with Crippen LogP contribution in [0.25, 0.3) is 0 Å². The van der Waals surface area contributed by atoms with E-state index in [9.17, 15) is 9.59 Å². The van der Waals surface area contributed by atoms with Gasteiger partial charge in [0.05, 0.1) is 6.04 Å². The molecule has 0 saturated carbocycles. The van der Waals surface area contributed by atoms with E-state index in [1.54, 1.807) is 0 Å². The molecule has 0 aliphatic carbocycles. The lowest BCUT2D eigenvalue weighted by atomic mass is 10.0. The largest absolute Gasteiger partial charge is 0.478 e. The number of carbonyl (C=O) groups is 2. The summed E-state index contributed by atoms with van der Waals surface area (Å²) in [6, 6.07) is -0.393. The zero-order chi connectivity index (χ0) is 10.9. The summed E-state index contributed by atoms with van der Waals surface area (Å²) in [5.41, 5.74) is -1.31. The van der Waals surface area contributed by atoms with Gasteiger partial charge in [0.1, 0.15) is 0 Å². The van der Waals surface area contributed by atoms with Crippen molar-refractivity contribution < 1.29 is 14.7 Å². The summed E-state index contributed by atoms with van der Waals surface area (Å²) in [6.07, 6.45) is 0.648. The number of carboxylic acid groups (broad SMARTS) is 1. The van der Waals surface area contributed by atoms with Crippen LogP contribution in [-0.4, -0.2) is 28.7 Å². The quantitative estimate of drug-likeness (QED) is 0.595. The average molecular weight is 200 g/mol. The number of hydrogen-bond acceptors (Lipinski definition) is 3. The minimum atomic E-state index is -1.31. The van der Waals surface area contributed by atoms with Crippen LogP contribution in [0.3, 0.4) is 0 Å². The van der Waals surface area contributed by atoms with E-state index in [1.165, 1.54) is 6.92 Å². The van der Waals surface area contributed by atoms with Crippen molar-refractivity contribution in [2.45, 2.75) is 38.9 Å². The summed E-state index contributed by atoms with van der Waals surface area (Å²) in [5.74, 6) is -0.935. The topological polar surface area (TPSA) is 78.4 Å². The number of rotatable bonds is 3. The molecular formula is C9H16N2O3. The molecule has 1 amide bonds. The Hall–Kier alpha value is -1.10. The van der Waals surface area contributed by atoms with Crippen LogP contribution in [0, 0.1) is 5.92 Å². The SMILES string of the molecule is CC(C)CC1NC(C)(C(=O)O)NC1=O. The summed E-state index contributed by atoms with van der Waals surface area (Å²) < 4.78 is 0. The highest BCUT2D eigenvalue weighted by Crippen LogP contribution is 2.15. The second-order valence-corrected chi connectivity index (χ2v) is 4.25. The Morgan fingerprint density at radius 1 is 1.64 bits per heavy atom. The van der Waals surface area contributed by atoms with Gasteiger partial charge in [0.15, 0.2) is 5.66 Å². The first-order valence-electron chi connectivity index (χ1n) is 4.68. The first kappa shape index (κ1) is 11.0. The minimum absolute atomic E-state index is 0.233. The van der Waals surface area contributed by atoms with Gasteiger partial charge in [0.25, 0.3) is 0 Å². The van der Waals surface area contributed by atoms with Gasteiger partial charge in [-0.3, -0.25) is 10.1 Å². The maximum atomic E-state index is 11.4. The van der Waals surface area contributed by atoms with Crippen molar-refractivity contribution in [2.75, 3.05) is 0 Å². The van der Waals surface area contributed by atoms with Crippen LogP contribution in [0.4, 0.5) is 0 Å². The lowest BCUT2D eigenvalue weighted by Gasteiger charge is -2.19. The molecule has 0 spiro atoms. The molecule has 0 bridgehead atoms. The van der Waals surface area contributed by atoms with Crippen LogP contribution < -0.4 is 10.6 Å². The van der Waals surface area contributed by atoms with E-state index in [4.69, 9.17) is 5.11 Å². The van der Waals surface area contributed by atoms with E-state index < -0.39 is 17.7 Å². The van der Waals surface area contributed by atoms with E-state index in [0.29, 0.717) is 12.3 Å². The van der Waals surface area contributed by atoms with Gasteiger partial charge in [0.2, 0.25) is 5.91 Å². The van der Waals surface area contributed by atoms with E-state index in [0.717, 1.165) is 0 Å².